The summed E-state index contributed by atoms with van der Waals surface area (Å²) in [4.78, 5) is 12.8. The van der Waals surface area contributed by atoms with Crippen LogP contribution in [-0.2, 0) is 10.2 Å². The van der Waals surface area contributed by atoms with Crippen molar-refractivity contribution in [2.45, 2.75) is 132 Å². The van der Waals surface area contributed by atoms with E-state index in [-0.39, 0.29) is 35.7 Å². The first-order valence-electron chi connectivity index (χ1n) is 16.2. The Kier molecular flexibility index (Phi) is 13.9. The number of phenolic OH excluding ortho intramolecular Hbond substituents is 2. The van der Waals surface area contributed by atoms with Gasteiger partial charge in [-0.15, -0.1) is 11.8 Å². The summed E-state index contributed by atoms with van der Waals surface area (Å²) < 4.78 is 62.7. The summed E-state index contributed by atoms with van der Waals surface area (Å²) in [7, 11) is 0. The molecule has 1 heterocycles. The number of rotatable bonds is 19. The van der Waals surface area contributed by atoms with Gasteiger partial charge in [-0.05, 0) is 67.0 Å². The number of phenols is 2. The van der Waals surface area contributed by atoms with Crippen molar-refractivity contribution in [2.75, 3.05) is 5.75 Å². The van der Waals surface area contributed by atoms with Gasteiger partial charge in [0, 0.05) is 22.5 Å². The molecule has 0 fully saturated rings. The van der Waals surface area contributed by atoms with Crippen LogP contribution in [0.4, 0.5) is 22.0 Å². The van der Waals surface area contributed by atoms with Gasteiger partial charge in [0.05, 0.1) is 5.92 Å². The van der Waals surface area contributed by atoms with E-state index in [0.717, 1.165) is 62.0 Å². The molecular formula is C35H47F5O4S. The van der Waals surface area contributed by atoms with Crippen molar-refractivity contribution >= 4 is 17.7 Å². The van der Waals surface area contributed by atoms with E-state index in [0.29, 0.717) is 25.7 Å². The molecule has 0 amide bonds. The molecule has 4 nitrogen and oxygen atoms in total. The average molecular weight is 659 g/mol. The predicted molar refractivity (Wildman–Crippen MR) is 168 cm³/mol. The van der Waals surface area contributed by atoms with Gasteiger partial charge in [-0.3, -0.25) is 4.79 Å². The third-order valence-corrected chi connectivity index (χ3v) is 10.7. The second-order valence-corrected chi connectivity index (χ2v) is 13.8. The van der Waals surface area contributed by atoms with E-state index in [2.05, 4.69) is 6.92 Å². The summed E-state index contributed by atoms with van der Waals surface area (Å²) in [6, 6.07) is 13.2. The average Bonchev–Trinajstić information content (AvgIpc) is 2.97. The summed E-state index contributed by atoms with van der Waals surface area (Å²) in [6.07, 6.45) is 3.24. The number of carboxylic acids is 1. The number of aromatic hydroxyl groups is 2. The molecule has 0 spiro atoms. The van der Waals surface area contributed by atoms with E-state index in [1.54, 1.807) is 30.0 Å². The Morgan fingerprint density at radius 2 is 1.36 bits per heavy atom. The van der Waals surface area contributed by atoms with Crippen LogP contribution in [0.3, 0.4) is 0 Å². The quantitative estimate of drug-likeness (QED) is 0.103. The molecule has 0 saturated carbocycles. The van der Waals surface area contributed by atoms with Crippen LogP contribution in [0, 0.1) is 5.92 Å². The molecule has 2 aromatic carbocycles. The molecule has 10 heteroatoms. The van der Waals surface area contributed by atoms with Gasteiger partial charge in [-0.1, -0.05) is 89.3 Å². The van der Waals surface area contributed by atoms with Crippen LogP contribution < -0.4 is 0 Å². The summed E-state index contributed by atoms with van der Waals surface area (Å²) in [5.74, 6) is -4.36. The summed E-state index contributed by atoms with van der Waals surface area (Å²) in [5, 5.41) is 29.4. The number of unbranched alkanes of at least 4 members (excludes halogenated alkanes) is 9. The van der Waals surface area contributed by atoms with Gasteiger partial charge in [0.1, 0.15) is 11.5 Å². The van der Waals surface area contributed by atoms with Gasteiger partial charge >= 0.3 is 18.1 Å². The zero-order chi connectivity index (χ0) is 33.1. The van der Waals surface area contributed by atoms with E-state index in [1.165, 1.54) is 11.1 Å². The minimum atomic E-state index is -5.52. The number of alkyl halides is 5. The molecule has 0 radical (unpaired) electrons. The van der Waals surface area contributed by atoms with Crippen LogP contribution in [0.2, 0.25) is 0 Å². The molecule has 0 bridgehead atoms. The maximum atomic E-state index is 13.0. The zero-order valence-corrected chi connectivity index (χ0v) is 26.9. The topological polar surface area (TPSA) is 77.8 Å². The highest BCUT2D eigenvalue weighted by atomic mass is 32.2. The molecule has 252 valence electrons. The van der Waals surface area contributed by atoms with Crippen LogP contribution in [0.25, 0.3) is 0 Å². The highest BCUT2D eigenvalue weighted by Gasteiger charge is 2.56. The Labute approximate surface area is 267 Å². The van der Waals surface area contributed by atoms with Crippen LogP contribution in [0.5, 0.6) is 11.5 Å². The second kappa shape index (κ2) is 16.9. The predicted octanol–water partition coefficient (Wildman–Crippen LogP) is 11.0. The molecule has 1 aliphatic rings. The molecule has 0 aromatic heterocycles. The molecule has 3 unspecified atom stereocenters. The summed E-state index contributed by atoms with van der Waals surface area (Å²) in [6.45, 7) is 2.29. The standard InChI is InChI=1S/C35H47F5O4S/c1-33(26-16-18-27(41)19-17-26)24-45-31-23-28(42)20-21-29(31)30(33)15-11-6-4-2-3-5-9-13-25(32(43)44)14-10-7-8-12-22-34(36,37)35(38,39)40/h16-21,23,25,30,41-42H,2-15,22,24H2,1H3,(H,43,44). The van der Waals surface area contributed by atoms with Gasteiger partial charge in [-0.25, -0.2) is 0 Å². The van der Waals surface area contributed by atoms with Gasteiger partial charge in [0.15, 0.2) is 0 Å². The zero-order valence-electron chi connectivity index (χ0n) is 26.1. The van der Waals surface area contributed by atoms with Crippen LogP contribution in [0.15, 0.2) is 47.4 Å². The third kappa shape index (κ3) is 10.8. The molecule has 2 aromatic rings. The van der Waals surface area contributed by atoms with Crippen molar-refractivity contribution in [3.05, 3.63) is 53.6 Å². The van der Waals surface area contributed by atoms with Gasteiger partial charge in [0.25, 0.3) is 0 Å². The fourth-order valence-electron chi connectivity index (χ4n) is 6.46. The van der Waals surface area contributed by atoms with Crippen LogP contribution in [0.1, 0.15) is 120 Å². The lowest BCUT2D eigenvalue weighted by atomic mass is 9.68. The highest BCUT2D eigenvalue weighted by Crippen LogP contribution is 2.52. The van der Waals surface area contributed by atoms with E-state index in [9.17, 15) is 42.1 Å². The minimum absolute atomic E-state index is 0.106. The number of hydrogen-bond acceptors (Lipinski definition) is 4. The van der Waals surface area contributed by atoms with Gasteiger partial charge in [-0.2, -0.15) is 22.0 Å². The molecule has 3 atom stereocenters. The number of aliphatic carboxylic acids is 1. The number of carboxylic acid groups (broad SMARTS) is 1. The summed E-state index contributed by atoms with van der Waals surface area (Å²) >= 11 is 1.76. The van der Waals surface area contributed by atoms with Crippen molar-refractivity contribution in [3.8, 4) is 11.5 Å². The monoisotopic (exact) mass is 658 g/mol. The van der Waals surface area contributed by atoms with Crippen molar-refractivity contribution in [1.82, 2.24) is 0 Å². The van der Waals surface area contributed by atoms with E-state index in [4.69, 9.17) is 0 Å². The lowest BCUT2D eigenvalue weighted by Crippen LogP contribution is -2.36. The Bertz CT molecular complexity index is 1200. The van der Waals surface area contributed by atoms with E-state index >= 15 is 0 Å². The van der Waals surface area contributed by atoms with Crippen molar-refractivity contribution < 1.29 is 42.1 Å². The van der Waals surface area contributed by atoms with E-state index in [1.807, 2.05) is 24.3 Å². The number of carbonyl (C=O) groups is 1. The lowest BCUT2D eigenvalue weighted by molar-refractivity contribution is -0.284. The third-order valence-electron chi connectivity index (χ3n) is 9.30. The molecule has 1 aliphatic heterocycles. The van der Waals surface area contributed by atoms with Crippen molar-refractivity contribution in [3.63, 3.8) is 0 Å². The van der Waals surface area contributed by atoms with Crippen molar-refractivity contribution in [1.29, 1.82) is 0 Å². The lowest BCUT2D eigenvalue weighted by Gasteiger charge is -2.43. The van der Waals surface area contributed by atoms with Crippen molar-refractivity contribution in [2.24, 2.45) is 5.92 Å². The minimum Gasteiger partial charge on any atom is -0.508 e. The smallest absolute Gasteiger partial charge is 0.453 e. The molecule has 45 heavy (non-hydrogen) atoms. The maximum Gasteiger partial charge on any atom is 0.453 e. The largest absolute Gasteiger partial charge is 0.508 e. The number of benzene rings is 2. The Morgan fingerprint density at radius 3 is 1.93 bits per heavy atom. The maximum absolute atomic E-state index is 13.0. The van der Waals surface area contributed by atoms with E-state index < -0.39 is 30.4 Å². The van der Waals surface area contributed by atoms with Crippen LogP contribution >= 0.6 is 11.8 Å². The number of halogens is 5. The molecule has 3 N–H and O–H groups in total. The second-order valence-electron chi connectivity index (χ2n) is 12.8. The fraction of sp³-hybridized carbons (Fsp3) is 0.629. The fourth-order valence-corrected chi connectivity index (χ4v) is 7.86. The molecule has 0 aliphatic carbocycles. The Morgan fingerprint density at radius 1 is 0.822 bits per heavy atom. The molecular weight excluding hydrogens is 611 g/mol. The molecule has 3 rings (SSSR count). The number of thioether (sulfide) groups is 1. The normalized spacial score (nSPS) is 19.3. The van der Waals surface area contributed by atoms with Gasteiger partial charge in [0.2, 0.25) is 0 Å². The van der Waals surface area contributed by atoms with Gasteiger partial charge < -0.3 is 15.3 Å². The first-order valence-corrected chi connectivity index (χ1v) is 17.2. The Balaban J connectivity index is 1.34. The SMILES string of the molecule is CC1(c2ccc(O)cc2)CSc2cc(O)ccc2C1CCCCCCCCCC(CCCCCCC(F)(F)C(F)(F)F)C(=O)O. The summed E-state index contributed by atoms with van der Waals surface area (Å²) in [5.41, 5.74) is 2.35. The first-order chi connectivity index (χ1) is 21.2. The molecule has 0 saturated heterocycles. The van der Waals surface area contributed by atoms with Crippen LogP contribution in [-0.4, -0.2) is 39.1 Å². The number of fused-ring (bicyclic) bond motifs is 1. The number of hydrogen-bond donors (Lipinski definition) is 3. The Hall–Kier alpha value is -2.49. The first kappa shape index (κ1) is 37.0. The highest BCUT2D eigenvalue weighted by molar-refractivity contribution is 7.99.